The van der Waals surface area contributed by atoms with Crippen molar-refractivity contribution in [2.45, 2.75) is 26.2 Å². The van der Waals surface area contributed by atoms with Gasteiger partial charge in [0.25, 0.3) is 5.91 Å². The molecule has 9 nitrogen and oxygen atoms in total. The minimum absolute atomic E-state index is 0.0387. The average molecular weight is 521 g/mol. The molecule has 3 rings (SSSR count). The number of nitrogens with one attached hydrogen (secondary N) is 1. The zero-order valence-corrected chi connectivity index (χ0v) is 22.4. The van der Waals surface area contributed by atoms with Crippen LogP contribution in [0, 0.1) is 0 Å². The quantitative estimate of drug-likeness (QED) is 0.178. The van der Waals surface area contributed by atoms with Gasteiger partial charge >= 0.3 is 5.97 Å². The third-order valence-corrected chi connectivity index (χ3v) is 5.46. The molecule has 0 aliphatic heterocycles. The monoisotopic (exact) mass is 520 g/mol. The van der Waals surface area contributed by atoms with Gasteiger partial charge in [0.15, 0.2) is 18.1 Å². The molecule has 0 saturated heterocycles. The minimum atomic E-state index is -0.612. The Kier molecular flexibility index (Phi) is 9.32. The van der Waals surface area contributed by atoms with Crippen LogP contribution in [0.3, 0.4) is 0 Å². The Hall–Kier alpha value is -4.53. The van der Waals surface area contributed by atoms with E-state index in [4.69, 9.17) is 23.7 Å². The second-order valence-corrected chi connectivity index (χ2v) is 9.23. The Balaban J connectivity index is 1.57. The van der Waals surface area contributed by atoms with Crippen molar-refractivity contribution in [2.24, 2.45) is 5.10 Å². The molecule has 38 heavy (non-hydrogen) atoms. The van der Waals surface area contributed by atoms with Crippen molar-refractivity contribution >= 4 is 18.1 Å². The Morgan fingerprint density at radius 2 is 1.53 bits per heavy atom. The van der Waals surface area contributed by atoms with Gasteiger partial charge in [0, 0.05) is 0 Å². The van der Waals surface area contributed by atoms with Gasteiger partial charge in [0.1, 0.15) is 11.5 Å². The number of benzene rings is 3. The molecule has 9 heteroatoms. The zero-order chi connectivity index (χ0) is 27.7. The third kappa shape index (κ3) is 7.49. The van der Waals surface area contributed by atoms with Gasteiger partial charge < -0.3 is 23.7 Å². The summed E-state index contributed by atoms with van der Waals surface area (Å²) in [5.41, 5.74) is 4.46. The van der Waals surface area contributed by atoms with Gasteiger partial charge in [0.2, 0.25) is 5.75 Å². The van der Waals surface area contributed by atoms with E-state index in [1.54, 1.807) is 24.3 Å². The summed E-state index contributed by atoms with van der Waals surface area (Å²) in [6.07, 6.45) is 1.44. The van der Waals surface area contributed by atoms with Crippen LogP contribution in [0.5, 0.6) is 28.7 Å². The molecule has 0 aliphatic rings. The van der Waals surface area contributed by atoms with Crippen molar-refractivity contribution in [2.75, 3.05) is 27.9 Å². The number of hydrogen-bond donors (Lipinski definition) is 1. The lowest BCUT2D eigenvalue weighted by Gasteiger charge is -2.19. The van der Waals surface area contributed by atoms with Crippen molar-refractivity contribution < 1.29 is 33.3 Å². The van der Waals surface area contributed by atoms with Gasteiger partial charge in [-0.1, -0.05) is 45.0 Å². The zero-order valence-electron chi connectivity index (χ0n) is 22.4. The molecule has 3 aromatic rings. The van der Waals surface area contributed by atoms with Crippen molar-refractivity contribution in [3.05, 3.63) is 77.4 Å². The second-order valence-electron chi connectivity index (χ2n) is 9.23. The normalized spacial score (nSPS) is 11.1. The summed E-state index contributed by atoms with van der Waals surface area (Å²) < 4.78 is 26.9. The van der Waals surface area contributed by atoms with Crippen LogP contribution in [0.1, 0.15) is 42.3 Å². The molecule has 0 saturated carbocycles. The first-order chi connectivity index (χ1) is 18.1. The highest BCUT2D eigenvalue weighted by molar-refractivity contribution is 5.93. The van der Waals surface area contributed by atoms with Crippen LogP contribution in [0.15, 0.2) is 65.8 Å². The molecule has 0 aromatic heterocycles. The number of hydrogen-bond acceptors (Lipinski definition) is 8. The van der Waals surface area contributed by atoms with E-state index in [0.717, 1.165) is 0 Å². The van der Waals surface area contributed by atoms with Gasteiger partial charge in [0.05, 0.1) is 33.1 Å². The van der Waals surface area contributed by atoms with Crippen molar-refractivity contribution in [3.63, 3.8) is 0 Å². The maximum absolute atomic E-state index is 12.7. The van der Waals surface area contributed by atoms with Crippen LogP contribution in [-0.4, -0.2) is 46.0 Å². The maximum Gasteiger partial charge on any atom is 0.343 e. The van der Waals surface area contributed by atoms with E-state index in [0.29, 0.717) is 34.3 Å². The molecule has 0 unspecified atom stereocenters. The number of hydrazone groups is 1. The molecule has 0 aliphatic carbocycles. The number of ether oxygens (including phenoxy) is 5. The van der Waals surface area contributed by atoms with E-state index in [1.165, 1.54) is 45.2 Å². The van der Waals surface area contributed by atoms with Crippen molar-refractivity contribution in [1.82, 2.24) is 5.43 Å². The summed E-state index contributed by atoms with van der Waals surface area (Å²) >= 11 is 0. The molecular weight excluding hydrogens is 488 g/mol. The van der Waals surface area contributed by atoms with E-state index in [2.05, 4.69) is 31.3 Å². The van der Waals surface area contributed by atoms with Crippen LogP contribution in [0.4, 0.5) is 0 Å². The van der Waals surface area contributed by atoms with Gasteiger partial charge in [-0.3, -0.25) is 4.79 Å². The van der Waals surface area contributed by atoms with Gasteiger partial charge in [-0.15, -0.1) is 0 Å². The number of carbonyl (C=O) groups excluding carboxylic acids is 2. The lowest BCUT2D eigenvalue weighted by atomic mass is 9.87. The van der Waals surface area contributed by atoms with Crippen LogP contribution in [-0.2, 0) is 10.2 Å². The lowest BCUT2D eigenvalue weighted by molar-refractivity contribution is -0.123. The third-order valence-electron chi connectivity index (χ3n) is 5.46. The van der Waals surface area contributed by atoms with Gasteiger partial charge in [-0.2, -0.15) is 5.10 Å². The summed E-state index contributed by atoms with van der Waals surface area (Å²) in [4.78, 5) is 24.8. The topological polar surface area (TPSA) is 105 Å². The fraction of sp³-hybridized carbons (Fsp3) is 0.276. The van der Waals surface area contributed by atoms with Crippen molar-refractivity contribution in [1.29, 1.82) is 0 Å². The highest BCUT2D eigenvalue weighted by Crippen LogP contribution is 2.38. The van der Waals surface area contributed by atoms with E-state index in [-0.39, 0.29) is 17.6 Å². The maximum atomic E-state index is 12.7. The number of carbonyl (C=O) groups is 2. The highest BCUT2D eigenvalue weighted by atomic mass is 16.5. The molecule has 1 amide bonds. The molecule has 0 fully saturated rings. The minimum Gasteiger partial charge on any atom is -0.493 e. The van der Waals surface area contributed by atoms with Gasteiger partial charge in [-0.05, 0) is 52.9 Å². The number of rotatable bonds is 10. The molecule has 0 heterocycles. The molecule has 1 N–H and O–H groups in total. The number of amides is 1. The standard InChI is InChI=1S/C29H32N2O7/c1-29(2,3)21-10-12-22(13-11-21)37-18-26(32)31-30-17-19-8-7-9-23(14-19)38-28(33)20-15-24(34-4)27(36-6)25(16-20)35-5/h7-17H,18H2,1-6H3,(H,31,32)/b30-17+. The molecule has 0 bridgehead atoms. The largest absolute Gasteiger partial charge is 0.493 e. The van der Waals surface area contributed by atoms with E-state index in [1.807, 2.05) is 24.3 Å². The predicted octanol–water partition coefficient (Wildman–Crippen LogP) is 4.76. The smallest absolute Gasteiger partial charge is 0.343 e. The SMILES string of the molecule is COc1cc(C(=O)Oc2cccc(/C=N/NC(=O)COc3ccc(C(C)(C)C)cc3)c2)cc(OC)c1OC. The number of esters is 1. The lowest BCUT2D eigenvalue weighted by Crippen LogP contribution is -2.24. The molecular formula is C29H32N2O7. The molecule has 200 valence electrons. The number of nitrogens with zero attached hydrogens (tertiary/aromatic N) is 1. The van der Waals surface area contributed by atoms with E-state index in [9.17, 15) is 9.59 Å². The summed E-state index contributed by atoms with van der Waals surface area (Å²) in [6.45, 7) is 6.20. The van der Waals surface area contributed by atoms with Crippen LogP contribution in [0.2, 0.25) is 0 Å². The molecule has 0 spiro atoms. The Morgan fingerprint density at radius 3 is 2.11 bits per heavy atom. The fourth-order valence-electron chi connectivity index (χ4n) is 3.43. The van der Waals surface area contributed by atoms with E-state index < -0.39 is 11.9 Å². The first-order valence-electron chi connectivity index (χ1n) is 11.8. The second kappa shape index (κ2) is 12.6. The van der Waals surface area contributed by atoms with E-state index >= 15 is 0 Å². The Bertz CT molecular complexity index is 1270. The first-order valence-corrected chi connectivity index (χ1v) is 11.8. The number of methoxy groups -OCH3 is 3. The molecule has 0 radical (unpaired) electrons. The average Bonchev–Trinajstić information content (AvgIpc) is 2.91. The Morgan fingerprint density at radius 1 is 0.868 bits per heavy atom. The summed E-state index contributed by atoms with van der Waals surface area (Å²) in [6, 6.07) is 17.3. The Labute approximate surface area is 222 Å². The van der Waals surface area contributed by atoms with Gasteiger partial charge in [-0.25, -0.2) is 10.2 Å². The first kappa shape index (κ1) is 28.0. The highest BCUT2D eigenvalue weighted by Gasteiger charge is 2.18. The summed E-state index contributed by atoms with van der Waals surface area (Å²) in [5, 5.41) is 3.95. The van der Waals surface area contributed by atoms with Crippen LogP contribution >= 0.6 is 0 Å². The fourth-order valence-corrected chi connectivity index (χ4v) is 3.43. The predicted molar refractivity (Wildman–Crippen MR) is 144 cm³/mol. The molecule has 0 atom stereocenters. The summed E-state index contributed by atoms with van der Waals surface area (Å²) in [5.74, 6) is 0.906. The molecule has 3 aromatic carbocycles. The van der Waals surface area contributed by atoms with Crippen LogP contribution < -0.4 is 29.1 Å². The summed E-state index contributed by atoms with van der Waals surface area (Å²) in [7, 11) is 4.40. The van der Waals surface area contributed by atoms with Crippen molar-refractivity contribution in [3.8, 4) is 28.7 Å². The van der Waals surface area contributed by atoms with Crippen LogP contribution in [0.25, 0.3) is 0 Å².